The van der Waals surface area contributed by atoms with Crippen LogP contribution in [0.4, 0.5) is 0 Å². The van der Waals surface area contributed by atoms with E-state index in [9.17, 15) is 0 Å². The highest BCUT2D eigenvalue weighted by molar-refractivity contribution is 6.07. The second-order valence-electron chi connectivity index (χ2n) is 2.93. The Labute approximate surface area is 68.4 Å². The number of rotatable bonds is 2. The van der Waals surface area contributed by atoms with Gasteiger partial charge < -0.3 is 0 Å². The van der Waals surface area contributed by atoms with Gasteiger partial charge in [0, 0.05) is 30.9 Å². The summed E-state index contributed by atoms with van der Waals surface area (Å²) in [6, 6.07) is 0. The van der Waals surface area contributed by atoms with Gasteiger partial charge in [0.1, 0.15) is 0 Å². The molecular weight excluding hydrogens is 136 g/mol. The highest BCUT2D eigenvalue weighted by Crippen LogP contribution is 2.17. The molecule has 2 heteroatoms. The monoisotopic (exact) mass is 152 g/mol. The first-order valence-corrected chi connectivity index (χ1v) is 4.26. The van der Waals surface area contributed by atoms with Crippen LogP contribution in [0.3, 0.4) is 0 Å². The lowest BCUT2D eigenvalue weighted by molar-refractivity contribution is 0.840. The van der Waals surface area contributed by atoms with E-state index in [1.165, 1.54) is 17.8 Å². The molecule has 1 aliphatic heterocycles. The number of nitrogens with zero attached hydrogens (tertiary/aromatic N) is 2. The minimum atomic E-state index is 0.560. The topological polar surface area (TPSA) is 24.7 Å². The van der Waals surface area contributed by atoms with E-state index in [4.69, 9.17) is 0 Å². The molecule has 0 radical (unpaired) electrons. The molecular formula is C9H16N2. The van der Waals surface area contributed by atoms with Crippen molar-refractivity contribution >= 4 is 11.4 Å². The van der Waals surface area contributed by atoms with Crippen LogP contribution in [0.2, 0.25) is 0 Å². The average molecular weight is 152 g/mol. The van der Waals surface area contributed by atoms with E-state index in [-0.39, 0.29) is 0 Å². The van der Waals surface area contributed by atoms with Crippen LogP contribution in [0.25, 0.3) is 0 Å². The fourth-order valence-corrected chi connectivity index (χ4v) is 1.58. The standard InChI is InChI=1S/C9H16N2/c1-4-9-8(5-6-11-9)7(2)10-3/h8H,4-6H2,1-3H3. The van der Waals surface area contributed by atoms with Gasteiger partial charge in [0.25, 0.3) is 0 Å². The Morgan fingerprint density at radius 1 is 1.73 bits per heavy atom. The van der Waals surface area contributed by atoms with Crippen molar-refractivity contribution in [3.8, 4) is 0 Å². The van der Waals surface area contributed by atoms with Crippen molar-refractivity contribution in [2.45, 2.75) is 26.7 Å². The van der Waals surface area contributed by atoms with Crippen LogP contribution in [-0.2, 0) is 0 Å². The molecule has 0 bridgehead atoms. The Morgan fingerprint density at radius 3 is 3.00 bits per heavy atom. The van der Waals surface area contributed by atoms with E-state index in [0.29, 0.717) is 5.92 Å². The number of hydrogen-bond acceptors (Lipinski definition) is 2. The van der Waals surface area contributed by atoms with E-state index >= 15 is 0 Å². The lowest BCUT2D eigenvalue weighted by Crippen LogP contribution is -2.17. The first kappa shape index (κ1) is 8.44. The molecule has 1 atom stereocenters. The molecule has 0 amide bonds. The van der Waals surface area contributed by atoms with E-state index < -0.39 is 0 Å². The van der Waals surface area contributed by atoms with Crippen molar-refractivity contribution in [2.75, 3.05) is 13.6 Å². The van der Waals surface area contributed by atoms with Crippen molar-refractivity contribution in [2.24, 2.45) is 15.9 Å². The molecule has 0 aromatic rings. The summed E-state index contributed by atoms with van der Waals surface area (Å²) in [6.07, 6.45) is 2.25. The Balaban J connectivity index is 2.67. The quantitative estimate of drug-likeness (QED) is 0.540. The number of aliphatic imine (C=N–C) groups is 2. The molecule has 2 nitrogen and oxygen atoms in total. The SMILES string of the molecule is CCC1=NCCC1C(C)=NC. The van der Waals surface area contributed by atoms with Gasteiger partial charge >= 0.3 is 0 Å². The summed E-state index contributed by atoms with van der Waals surface area (Å²) in [4.78, 5) is 8.64. The molecule has 0 fully saturated rings. The van der Waals surface area contributed by atoms with Gasteiger partial charge in [-0.1, -0.05) is 6.92 Å². The first-order chi connectivity index (χ1) is 5.29. The zero-order valence-electron chi connectivity index (χ0n) is 7.59. The van der Waals surface area contributed by atoms with Crippen LogP contribution in [0.5, 0.6) is 0 Å². The summed E-state index contributed by atoms with van der Waals surface area (Å²) in [5.41, 5.74) is 2.58. The van der Waals surface area contributed by atoms with Crippen molar-refractivity contribution in [3.05, 3.63) is 0 Å². The Bertz CT molecular complexity index is 192. The van der Waals surface area contributed by atoms with Gasteiger partial charge in [-0.25, -0.2) is 0 Å². The van der Waals surface area contributed by atoms with Gasteiger partial charge in [0.15, 0.2) is 0 Å². The highest BCUT2D eigenvalue weighted by Gasteiger charge is 2.21. The molecule has 1 heterocycles. The fraction of sp³-hybridized carbons (Fsp3) is 0.778. The molecule has 0 spiro atoms. The van der Waals surface area contributed by atoms with E-state index in [2.05, 4.69) is 23.8 Å². The average Bonchev–Trinajstić information content (AvgIpc) is 2.50. The third-order valence-corrected chi connectivity index (χ3v) is 2.35. The van der Waals surface area contributed by atoms with Crippen molar-refractivity contribution in [1.82, 2.24) is 0 Å². The number of hydrogen-bond donors (Lipinski definition) is 0. The summed E-state index contributed by atoms with van der Waals surface area (Å²) >= 11 is 0. The molecule has 11 heavy (non-hydrogen) atoms. The lowest BCUT2D eigenvalue weighted by Gasteiger charge is -2.09. The van der Waals surface area contributed by atoms with Crippen molar-refractivity contribution < 1.29 is 0 Å². The van der Waals surface area contributed by atoms with Gasteiger partial charge in [-0.15, -0.1) is 0 Å². The molecule has 0 aromatic carbocycles. The van der Waals surface area contributed by atoms with Crippen molar-refractivity contribution in [3.63, 3.8) is 0 Å². The third-order valence-electron chi connectivity index (χ3n) is 2.35. The van der Waals surface area contributed by atoms with E-state index in [1.807, 2.05) is 7.05 Å². The van der Waals surface area contributed by atoms with Crippen molar-refractivity contribution in [1.29, 1.82) is 0 Å². The van der Waals surface area contributed by atoms with Crippen LogP contribution in [0.1, 0.15) is 26.7 Å². The zero-order chi connectivity index (χ0) is 8.27. The summed E-state index contributed by atoms with van der Waals surface area (Å²) in [7, 11) is 1.86. The Hall–Kier alpha value is -0.660. The maximum atomic E-state index is 4.44. The molecule has 0 saturated heterocycles. The van der Waals surface area contributed by atoms with E-state index in [0.717, 1.165) is 13.0 Å². The van der Waals surface area contributed by atoms with E-state index in [1.54, 1.807) is 0 Å². The minimum Gasteiger partial charge on any atom is -0.297 e. The largest absolute Gasteiger partial charge is 0.297 e. The summed E-state index contributed by atoms with van der Waals surface area (Å²) in [5.74, 6) is 0.560. The second-order valence-corrected chi connectivity index (χ2v) is 2.93. The molecule has 1 unspecified atom stereocenters. The summed E-state index contributed by atoms with van der Waals surface area (Å²) in [6.45, 7) is 5.27. The molecule has 0 N–H and O–H groups in total. The fourth-order valence-electron chi connectivity index (χ4n) is 1.58. The molecule has 1 aliphatic rings. The molecule has 0 aliphatic carbocycles. The molecule has 1 rings (SSSR count). The minimum absolute atomic E-state index is 0.560. The van der Waals surface area contributed by atoms with Crippen LogP contribution in [0, 0.1) is 5.92 Å². The Kier molecular flexibility index (Phi) is 2.80. The van der Waals surface area contributed by atoms with Gasteiger partial charge in [-0.05, 0) is 19.8 Å². The van der Waals surface area contributed by atoms with Crippen LogP contribution >= 0.6 is 0 Å². The van der Waals surface area contributed by atoms with Gasteiger partial charge in [0.2, 0.25) is 0 Å². The van der Waals surface area contributed by atoms with Gasteiger partial charge in [-0.2, -0.15) is 0 Å². The first-order valence-electron chi connectivity index (χ1n) is 4.26. The van der Waals surface area contributed by atoms with Crippen LogP contribution in [-0.4, -0.2) is 25.0 Å². The zero-order valence-corrected chi connectivity index (χ0v) is 7.59. The summed E-state index contributed by atoms with van der Waals surface area (Å²) in [5, 5.41) is 0. The highest BCUT2D eigenvalue weighted by atomic mass is 14.8. The normalized spacial score (nSPS) is 25.5. The maximum Gasteiger partial charge on any atom is 0.0398 e. The molecule has 62 valence electrons. The predicted octanol–water partition coefficient (Wildman–Crippen LogP) is 1.95. The molecule has 0 saturated carbocycles. The third kappa shape index (κ3) is 1.67. The smallest absolute Gasteiger partial charge is 0.0398 e. The predicted molar refractivity (Wildman–Crippen MR) is 49.7 cm³/mol. The summed E-state index contributed by atoms with van der Waals surface area (Å²) < 4.78 is 0. The van der Waals surface area contributed by atoms with Crippen LogP contribution in [0.15, 0.2) is 9.98 Å². The van der Waals surface area contributed by atoms with Gasteiger partial charge in [-0.3, -0.25) is 9.98 Å². The van der Waals surface area contributed by atoms with Crippen LogP contribution < -0.4 is 0 Å². The second kappa shape index (κ2) is 3.65. The van der Waals surface area contributed by atoms with Gasteiger partial charge in [0.05, 0.1) is 0 Å². The maximum absolute atomic E-state index is 4.44. The molecule has 0 aromatic heterocycles. The lowest BCUT2D eigenvalue weighted by atomic mass is 9.96. The Morgan fingerprint density at radius 2 is 2.45 bits per heavy atom.